The van der Waals surface area contributed by atoms with Crippen molar-refractivity contribution in [1.29, 1.82) is 0 Å². The first-order valence-corrected chi connectivity index (χ1v) is 8.51. The Morgan fingerprint density at radius 1 is 1.12 bits per heavy atom. The molecule has 26 heavy (non-hydrogen) atoms. The number of benzene rings is 2. The zero-order valence-corrected chi connectivity index (χ0v) is 15.2. The largest absolute Gasteiger partial charge is 0.478 e. The zero-order chi connectivity index (χ0) is 18.7. The number of aromatic carboxylic acids is 1. The second kappa shape index (κ2) is 7.05. The number of carbonyl (C=O) groups is 1. The van der Waals surface area contributed by atoms with Crippen LogP contribution in [0.1, 0.15) is 59.3 Å². The first kappa shape index (κ1) is 17.8. The molecule has 0 saturated carbocycles. The molecule has 4 nitrogen and oxygen atoms in total. The zero-order valence-electron chi connectivity index (χ0n) is 15.2. The Labute approximate surface area is 153 Å². The molecular formula is C22H21NO3. The molecule has 0 saturated heterocycles. The minimum Gasteiger partial charge on any atom is -0.478 e. The number of rotatable bonds is 2. The van der Waals surface area contributed by atoms with Crippen LogP contribution >= 0.6 is 0 Å². The number of hydrogen-bond acceptors (Lipinski definition) is 3. The monoisotopic (exact) mass is 347 g/mol. The standard InChI is InChI=1S/C22H21NO3/c1-22(2)13-12-20(23-26-3)18-14-16(8-11-19(18)22)5-4-15-6-9-17(10-7-15)21(24)25/h6-11,14H,12-13H2,1-3H3,(H,24,25)/b23-20+. The van der Waals surface area contributed by atoms with Crippen molar-refractivity contribution < 1.29 is 14.7 Å². The van der Waals surface area contributed by atoms with Crippen molar-refractivity contribution >= 4 is 11.7 Å². The third kappa shape index (κ3) is 3.62. The van der Waals surface area contributed by atoms with Gasteiger partial charge in [0.15, 0.2) is 0 Å². The highest BCUT2D eigenvalue weighted by Crippen LogP contribution is 2.37. The average molecular weight is 347 g/mol. The molecule has 4 heteroatoms. The molecule has 1 N–H and O–H groups in total. The van der Waals surface area contributed by atoms with Crippen LogP contribution in [0.4, 0.5) is 0 Å². The molecule has 0 heterocycles. The second-order valence-corrected chi connectivity index (χ2v) is 7.00. The Morgan fingerprint density at radius 2 is 1.77 bits per heavy atom. The summed E-state index contributed by atoms with van der Waals surface area (Å²) in [6, 6.07) is 12.8. The maximum absolute atomic E-state index is 10.9. The lowest BCUT2D eigenvalue weighted by Crippen LogP contribution is -2.27. The van der Waals surface area contributed by atoms with Gasteiger partial charge in [-0.3, -0.25) is 0 Å². The van der Waals surface area contributed by atoms with Crippen molar-refractivity contribution in [3.8, 4) is 11.8 Å². The van der Waals surface area contributed by atoms with E-state index in [1.807, 2.05) is 6.07 Å². The number of oxime groups is 1. The molecule has 2 aromatic rings. The first-order chi connectivity index (χ1) is 12.4. The summed E-state index contributed by atoms with van der Waals surface area (Å²) in [7, 11) is 1.57. The Bertz CT molecular complexity index is 928. The third-order valence-electron chi connectivity index (χ3n) is 4.73. The summed E-state index contributed by atoms with van der Waals surface area (Å²) in [5, 5.41) is 13.1. The van der Waals surface area contributed by atoms with Gasteiger partial charge in [0, 0.05) is 16.7 Å². The highest BCUT2D eigenvalue weighted by atomic mass is 16.6. The summed E-state index contributed by atoms with van der Waals surface area (Å²) in [5.74, 6) is 5.31. The van der Waals surface area contributed by atoms with E-state index in [1.54, 1.807) is 31.4 Å². The van der Waals surface area contributed by atoms with Crippen LogP contribution in [0.3, 0.4) is 0 Å². The summed E-state index contributed by atoms with van der Waals surface area (Å²) in [4.78, 5) is 15.9. The Morgan fingerprint density at radius 3 is 2.42 bits per heavy atom. The third-order valence-corrected chi connectivity index (χ3v) is 4.73. The van der Waals surface area contributed by atoms with Gasteiger partial charge in [-0.25, -0.2) is 4.79 Å². The Hall–Kier alpha value is -3.06. The fourth-order valence-corrected chi connectivity index (χ4v) is 3.20. The lowest BCUT2D eigenvalue weighted by molar-refractivity contribution is 0.0697. The van der Waals surface area contributed by atoms with E-state index in [4.69, 9.17) is 9.94 Å². The van der Waals surface area contributed by atoms with Gasteiger partial charge in [0.05, 0.1) is 11.3 Å². The van der Waals surface area contributed by atoms with Crippen LogP contribution < -0.4 is 0 Å². The molecule has 0 unspecified atom stereocenters. The van der Waals surface area contributed by atoms with Gasteiger partial charge in [-0.1, -0.05) is 36.9 Å². The van der Waals surface area contributed by atoms with Gasteiger partial charge in [0.2, 0.25) is 0 Å². The summed E-state index contributed by atoms with van der Waals surface area (Å²) < 4.78 is 0. The van der Waals surface area contributed by atoms with E-state index in [9.17, 15) is 4.79 Å². The molecule has 1 aliphatic rings. The average Bonchev–Trinajstić information content (AvgIpc) is 2.63. The topological polar surface area (TPSA) is 58.9 Å². The van der Waals surface area contributed by atoms with E-state index in [0.29, 0.717) is 0 Å². The summed E-state index contributed by atoms with van der Waals surface area (Å²) >= 11 is 0. The summed E-state index contributed by atoms with van der Waals surface area (Å²) in [6.45, 7) is 4.48. The number of carboxylic acids is 1. The minimum atomic E-state index is -0.938. The fourth-order valence-electron chi connectivity index (χ4n) is 3.20. The predicted molar refractivity (Wildman–Crippen MR) is 102 cm³/mol. The summed E-state index contributed by atoms with van der Waals surface area (Å²) in [5.41, 5.74) is 5.34. The first-order valence-electron chi connectivity index (χ1n) is 8.51. The molecule has 0 bridgehead atoms. The predicted octanol–water partition coefficient (Wildman–Crippen LogP) is 4.21. The van der Waals surface area contributed by atoms with Crippen LogP contribution in [0.2, 0.25) is 0 Å². The van der Waals surface area contributed by atoms with Crippen molar-refractivity contribution in [2.75, 3.05) is 7.11 Å². The number of hydrogen-bond donors (Lipinski definition) is 1. The molecule has 0 fully saturated rings. The van der Waals surface area contributed by atoms with Crippen LogP contribution in [-0.2, 0) is 10.3 Å². The smallest absolute Gasteiger partial charge is 0.335 e. The van der Waals surface area contributed by atoms with Gasteiger partial charge in [-0.15, -0.1) is 0 Å². The molecule has 0 aliphatic heterocycles. The fraction of sp³-hybridized carbons (Fsp3) is 0.273. The van der Waals surface area contributed by atoms with Crippen molar-refractivity contribution in [1.82, 2.24) is 0 Å². The molecule has 3 rings (SSSR count). The maximum atomic E-state index is 10.9. The van der Waals surface area contributed by atoms with E-state index >= 15 is 0 Å². The molecule has 0 atom stereocenters. The Kier molecular flexibility index (Phi) is 4.81. The van der Waals surface area contributed by atoms with Crippen molar-refractivity contribution in [2.24, 2.45) is 5.16 Å². The number of nitrogens with zero attached hydrogens (tertiary/aromatic N) is 1. The SMILES string of the molecule is CO/N=C1\CCC(C)(C)c2ccc(C#Cc3ccc(C(=O)O)cc3)cc21. The molecule has 132 valence electrons. The van der Waals surface area contributed by atoms with E-state index in [-0.39, 0.29) is 11.0 Å². The number of fused-ring (bicyclic) bond motifs is 1. The quantitative estimate of drug-likeness (QED) is 0.654. The van der Waals surface area contributed by atoms with Crippen LogP contribution in [0.25, 0.3) is 0 Å². The molecule has 0 spiro atoms. The Balaban J connectivity index is 1.95. The van der Waals surface area contributed by atoms with E-state index in [1.165, 1.54) is 5.56 Å². The maximum Gasteiger partial charge on any atom is 0.335 e. The van der Waals surface area contributed by atoms with E-state index in [2.05, 4.69) is 43.0 Å². The van der Waals surface area contributed by atoms with Crippen LogP contribution in [0.15, 0.2) is 47.6 Å². The van der Waals surface area contributed by atoms with Crippen LogP contribution in [0.5, 0.6) is 0 Å². The molecule has 0 amide bonds. The minimum absolute atomic E-state index is 0.0979. The van der Waals surface area contributed by atoms with Gasteiger partial charge in [-0.05, 0) is 60.2 Å². The lowest BCUT2D eigenvalue weighted by Gasteiger charge is -2.33. The highest BCUT2D eigenvalue weighted by Gasteiger charge is 2.30. The van der Waals surface area contributed by atoms with Gasteiger partial charge in [0.1, 0.15) is 7.11 Å². The second-order valence-electron chi connectivity index (χ2n) is 7.00. The van der Waals surface area contributed by atoms with Gasteiger partial charge in [0.25, 0.3) is 0 Å². The molecule has 2 aromatic carbocycles. The van der Waals surface area contributed by atoms with Gasteiger partial charge in [-0.2, -0.15) is 0 Å². The molecule has 0 radical (unpaired) electrons. The molecule has 1 aliphatic carbocycles. The van der Waals surface area contributed by atoms with Crippen molar-refractivity contribution in [3.05, 3.63) is 70.3 Å². The normalized spacial score (nSPS) is 16.3. The molecular weight excluding hydrogens is 326 g/mol. The van der Waals surface area contributed by atoms with Gasteiger partial charge < -0.3 is 9.94 Å². The highest BCUT2D eigenvalue weighted by molar-refractivity contribution is 6.03. The summed E-state index contributed by atoms with van der Waals surface area (Å²) in [6.07, 6.45) is 1.91. The van der Waals surface area contributed by atoms with E-state index < -0.39 is 5.97 Å². The van der Waals surface area contributed by atoms with Gasteiger partial charge >= 0.3 is 5.97 Å². The van der Waals surface area contributed by atoms with Crippen LogP contribution in [-0.4, -0.2) is 23.9 Å². The molecule has 0 aromatic heterocycles. The number of carboxylic acid groups (broad SMARTS) is 1. The lowest BCUT2D eigenvalue weighted by atomic mass is 9.72. The van der Waals surface area contributed by atoms with Crippen molar-refractivity contribution in [2.45, 2.75) is 32.1 Å². The van der Waals surface area contributed by atoms with Crippen LogP contribution in [0, 0.1) is 11.8 Å². The van der Waals surface area contributed by atoms with Crippen molar-refractivity contribution in [3.63, 3.8) is 0 Å². The van der Waals surface area contributed by atoms with E-state index in [0.717, 1.165) is 35.2 Å².